The molecule has 118 valence electrons. The number of hydrogen-bond donors (Lipinski definition) is 1. The Balaban J connectivity index is 1.98. The van der Waals surface area contributed by atoms with Crippen LogP contribution in [0.2, 0.25) is 0 Å². The molecule has 20 heavy (non-hydrogen) atoms. The highest BCUT2D eigenvalue weighted by molar-refractivity contribution is 5.70. The molecule has 1 aliphatic carbocycles. The van der Waals surface area contributed by atoms with Crippen LogP contribution >= 0.6 is 0 Å². The zero-order valence-corrected chi connectivity index (χ0v) is 13.4. The fourth-order valence-electron chi connectivity index (χ4n) is 3.60. The molecule has 1 aliphatic rings. The number of rotatable bonds is 11. The molecule has 1 saturated carbocycles. The maximum Gasteiger partial charge on any atom is 0.306 e. The van der Waals surface area contributed by atoms with Gasteiger partial charge in [-0.15, -0.1) is 0 Å². The van der Waals surface area contributed by atoms with Crippen LogP contribution < -0.4 is 0 Å². The number of carboxylic acids is 1. The molecule has 0 aromatic carbocycles. The first-order chi connectivity index (χ1) is 9.75. The SMILES string of the molecule is CCCCCCCCCCCC1CCCCC1C(=O)O. The topological polar surface area (TPSA) is 37.3 Å². The summed E-state index contributed by atoms with van der Waals surface area (Å²) >= 11 is 0. The molecular weight excluding hydrogens is 248 g/mol. The molecule has 0 bridgehead atoms. The van der Waals surface area contributed by atoms with Crippen molar-refractivity contribution in [3.63, 3.8) is 0 Å². The first-order valence-corrected chi connectivity index (χ1v) is 8.98. The van der Waals surface area contributed by atoms with E-state index in [1.54, 1.807) is 0 Å². The fourth-order valence-corrected chi connectivity index (χ4v) is 3.60. The van der Waals surface area contributed by atoms with Gasteiger partial charge in [0, 0.05) is 0 Å². The molecule has 0 aromatic rings. The molecule has 1 rings (SSSR count). The molecule has 0 amide bonds. The minimum Gasteiger partial charge on any atom is -0.481 e. The van der Waals surface area contributed by atoms with E-state index in [2.05, 4.69) is 6.92 Å². The largest absolute Gasteiger partial charge is 0.481 e. The summed E-state index contributed by atoms with van der Waals surface area (Å²) in [5.41, 5.74) is 0. The Morgan fingerprint density at radius 1 is 0.900 bits per heavy atom. The fraction of sp³-hybridized carbons (Fsp3) is 0.944. The van der Waals surface area contributed by atoms with Gasteiger partial charge < -0.3 is 5.11 Å². The Morgan fingerprint density at radius 3 is 2.05 bits per heavy atom. The van der Waals surface area contributed by atoms with E-state index in [0.717, 1.165) is 25.7 Å². The summed E-state index contributed by atoms with van der Waals surface area (Å²) in [5.74, 6) is -0.130. The molecule has 0 saturated heterocycles. The van der Waals surface area contributed by atoms with Gasteiger partial charge in [-0.05, 0) is 25.2 Å². The van der Waals surface area contributed by atoms with Crippen molar-refractivity contribution in [3.05, 3.63) is 0 Å². The molecule has 2 nitrogen and oxygen atoms in total. The molecule has 0 radical (unpaired) electrons. The smallest absolute Gasteiger partial charge is 0.306 e. The Hall–Kier alpha value is -0.530. The first kappa shape index (κ1) is 17.5. The van der Waals surface area contributed by atoms with Crippen molar-refractivity contribution >= 4 is 5.97 Å². The van der Waals surface area contributed by atoms with Gasteiger partial charge in [-0.25, -0.2) is 0 Å². The lowest BCUT2D eigenvalue weighted by molar-refractivity contribution is -0.145. The Morgan fingerprint density at radius 2 is 1.45 bits per heavy atom. The molecule has 0 aromatic heterocycles. The van der Waals surface area contributed by atoms with Gasteiger partial charge in [-0.3, -0.25) is 4.79 Å². The molecule has 0 spiro atoms. The predicted molar refractivity (Wildman–Crippen MR) is 84.9 cm³/mol. The van der Waals surface area contributed by atoms with Gasteiger partial charge in [-0.2, -0.15) is 0 Å². The van der Waals surface area contributed by atoms with Gasteiger partial charge >= 0.3 is 5.97 Å². The van der Waals surface area contributed by atoms with Crippen LogP contribution in [-0.4, -0.2) is 11.1 Å². The van der Waals surface area contributed by atoms with Gasteiger partial charge in [0.2, 0.25) is 0 Å². The summed E-state index contributed by atoms with van der Waals surface area (Å²) in [7, 11) is 0. The van der Waals surface area contributed by atoms with E-state index in [0.29, 0.717) is 5.92 Å². The second kappa shape index (κ2) is 11.2. The number of unbranched alkanes of at least 4 members (excludes halogenated alkanes) is 8. The number of carbonyl (C=O) groups is 1. The van der Waals surface area contributed by atoms with Crippen LogP contribution in [-0.2, 0) is 4.79 Å². The van der Waals surface area contributed by atoms with E-state index in [1.165, 1.54) is 64.2 Å². The third kappa shape index (κ3) is 7.31. The highest BCUT2D eigenvalue weighted by atomic mass is 16.4. The van der Waals surface area contributed by atoms with Crippen LogP contribution in [0.1, 0.15) is 96.8 Å². The predicted octanol–water partition coefficient (Wildman–Crippen LogP) is 5.80. The van der Waals surface area contributed by atoms with Crippen molar-refractivity contribution in [1.29, 1.82) is 0 Å². The maximum atomic E-state index is 11.2. The highest BCUT2D eigenvalue weighted by Gasteiger charge is 2.29. The van der Waals surface area contributed by atoms with Gasteiger partial charge in [0.1, 0.15) is 0 Å². The van der Waals surface area contributed by atoms with E-state index in [1.807, 2.05) is 0 Å². The van der Waals surface area contributed by atoms with Gasteiger partial charge in [-0.1, -0.05) is 77.6 Å². The number of aliphatic carboxylic acids is 1. The highest BCUT2D eigenvalue weighted by Crippen LogP contribution is 2.33. The van der Waals surface area contributed by atoms with E-state index >= 15 is 0 Å². The van der Waals surface area contributed by atoms with Crippen molar-refractivity contribution in [3.8, 4) is 0 Å². The summed E-state index contributed by atoms with van der Waals surface area (Å²) in [4.78, 5) is 11.2. The summed E-state index contributed by atoms with van der Waals surface area (Å²) in [6.07, 6.45) is 17.7. The third-order valence-electron chi connectivity index (χ3n) is 4.90. The molecule has 0 aliphatic heterocycles. The molecule has 1 N–H and O–H groups in total. The standard InChI is InChI=1S/C18H34O2/c1-2-3-4-5-6-7-8-9-10-13-16-14-11-12-15-17(16)18(19)20/h16-17H,2-15H2,1H3,(H,19,20). The normalized spacial score (nSPS) is 22.9. The maximum absolute atomic E-state index is 11.2. The van der Waals surface area contributed by atoms with Crippen molar-refractivity contribution in [1.82, 2.24) is 0 Å². The number of hydrogen-bond acceptors (Lipinski definition) is 1. The van der Waals surface area contributed by atoms with Crippen LogP contribution in [0.5, 0.6) is 0 Å². The lowest BCUT2D eigenvalue weighted by Crippen LogP contribution is -2.26. The average Bonchev–Trinajstić information content (AvgIpc) is 2.46. The zero-order valence-electron chi connectivity index (χ0n) is 13.4. The monoisotopic (exact) mass is 282 g/mol. The third-order valence-corrected chi connectivity index (χ3v) is 4.90. The summed E-state index contributed by atoms with van der Waals surface area (Å²) in [6, 6.07) is 0. The Labute approximate surface area is 125 Å². The van der Waals surface area contributed by atoms with Crippen molar-refractivity contribution < 1.29 is 9.90 Å². The van der Waals surface area contributed by atoms with E-state index in [4.69, 9.17) is 0 Å². The minimum atomic E-state index is -0.550. The van der Waals surface area contributed by atoms with Gasteiger partial charge in [0.05, 0.1) is 5.92 Å². The van der Waals surface area contributed by atoms with Gasteiger partial charge in [0.25, 0.3) is 0 Å². The quantitative estimate of drug-likeness (QED) is 0.486. The Bertz CT molecular complexity index is 250. The summed E-state index contributed by atoms with van der Waals surface area (Å²) in [5, 5.41) is 9.25. The second-order valence-electron chi connectivity index (χ2n) is 6.61. The van der Waals surface area contributed by atoms with Crippen LogP contribution in [0, 0.1) is 11.8 Å². The molecule has 1 fully saturated rings. The zero-order chi connectivity index (χ0) is 14.6. The average molecular weight is 282 g/mol. The van der Waals surface area contributed by atoms with Crippen molar-refractivity contribution in [2.24, 2.45) is 11.8 Å². The van der Waals surface area contributed by atoms with Gasteiger partial charge in [0.15, 0.2) is 0 Å². The summed E-state index contributed by atoms with van der Waals surface area (Å²) < 4.78 is 0. The summed E-state index contributed by atoms with van der Waals surface area (Å²) in [6.45, 7) is 2.26. The molecule has 2 heteroatoms. The second-order valence-corrected chi connectivity index (χ2v) is 6.61. The molecular formula is C18H34O2. The van der Waals surface area contributed by atoms with E-state index < -0.39 is 5.97 Å². The lowest BCUT2D eigenvalue weighted by atomic mass is 9.76. The van der Waals surface area contributed by atoms with Crippen LogP contribution in [0.25, 0.3) is 0 Å². The van der Waals surface area contributed by atoms with Crippen LogP contribution in [0.4, 0.5) is 0 Å². The minimum absolute atomic E-state index is 0.0437. The lowest BCUT2D eigenvalue weighted by Gasteiger charge is -2.28. The first-order valence-electron chi connectivity index (χ1n) is 8.98. The van der Waals surface area contributed by atoms with Crippen LogP contribution in [0.15, 0.2) is 0 Å². The van der Waals surface area contributed by atoms with Crippen LogP contribution in [0.3, 0.4) is 0 Å². The molecule has 0 heterocycles. The molecule has 2 unspecified atom stereocenters. The van der Waals surface area contributed by atoms with E-state index in [9.17, 15) is 9.90 Å². The Kier molecular flexibility index (Phi) is 9.78. The van der Waals surface area contributed by atoms with E-state index in [-0.39, 0.29) is 5.92 Å². The van der Waals surface area contributed by atoms with Crippen molar-refractivity contribution in [2.45, 2.75) is 96.8 Å². The van der Waals surface area contributed by atoms with Crippen molar-refractivity contribution in [2.75, 3.05) is 0 Å². The molecule has 2 atom stereocenters. The number of carboxylic acid groups (broad SMARTS) is 1.